The van der Waals surface area contributed by atoms with Gasteiger partial charge in [0, 0.05) is 13.0 Å². The van der Waals surface area contributed by atoms with Crippen molar-refractivity contribution in [2.45, 2.75) is 44.6 Å². The van der Waals surface area contributed by atoms with Crippen molar-refractivity contribution in [1.82, 2.24) is 5.32 Å². The van der Waals surface area contributed by atoms with Crippen molar-refractivity contribution < 1.29 is 14.6 Å². The van der Waals surface area contributed by atoms with Gasteiger partial charge in [-0.1, -0.05) is 37.8 Å². The van der Waals surface area contributed by atoms with Crippen molar-refractivity contribution in [2.24, 2.45) is 5.92 Å². The van der Waals surface area contributed by atoms with Gasteiger partial charge in [-0.2, -0.15) is 0 Å². The second kappa shape index (κ2) is 8.03. The molecule has 0 heterocycles. The molecule has 1 unspecified atom stereocenters. The molecule has 1 aliphatic rings. The number of benzene rings is 1. The maximum absolute atomic E-state index is 11.8. The standard InChI is InChI=1S/C17H25NO3/c1-21-15-9-7-14(8-10-15)16(19)12-18-17(20)11-6-13-4-2-3-5-13/h7-10,13,16,19H,2-6,11-12H2,1H3,(H,18,20). The zero-order valence-corrected chi connectivity index (χ0v) is 12.7. The average molecular weight is 291 g/mol. The van der Waals surface area contributed by atoms with Crippen molar-refractivity contribution in [1.29, 1.82) is 0 Å². The topological polar surface area (TPSA) is 58.6 Å². The van der Waals surface area contributed by atoms with E-state index in [0.29, 0.717) is 6.42 Å². The first-order chi connectivity index (χ1) is 10.2. The Balaban J connectivity index is 1.69. The fraction of sp³-hybridized carbons (Fsp3) is 0.588. The van der Waals surface area contributed by atoms with Crippen LogP contribution in [0.3, 0.4) is 0 Å². The molecule has 4 heteroatoms. The fourth-order valence-corrected chi connectivity index (χ4v) is 2.88. The summed E-state index contributed by atoms with van der Waals surface area (Å²) in [5.74, 6) is 1.52. The molecule has 21 heavy (non-hydrogen) atoms. The summed E-state index contributed by atoms with van der Waals surface area (Å²) in [5, 5.41) is 12.9. The Bertz CT molecular complexity index is 438. The highest BCUT2D eigenvalue weighted by molar-refractivity contribution is 5.75. The summed E-state index contributed by atoms with van der Waals surface area (Å²) in [5.41, 5.74) is 0.784. The van der Waals surface area contributed by atoms with Crippen LogP contribution in [-0.2, 0) is 4.79 Å². The Labute approximate surface area is 126 Å². The molecule has 1 aliphatic carbocycles. The zero-order chi connectivity index (χ0) is 15.1. The molecule has 1 fully saturated rings. The molecule has 1 saturated carbocycles. The molecule has 1 atom stereocenters. The molecule has 1 aromatic carbocycles. The number of methoxy groups -OCH3 is 1. The molecular weight excluding hydrogens is 266 g/mol. The number of rotatable bonds is 7. The number of nitrogens with one attached hydrogen (secondary N) is 1. The second-order valence-corrected chi connectivity index (χ2v) is 5.78. The number of ether oxygens (including phenoxy) is 1. The number of hydrogen-bond acceptors (Lipinski definition) is 3. The summed E-state index contributed by atoms with van der Waals surface area (Å²) >= 11 is 0. The van der Waals surface area contributed by atoms with E-state index in [-0.39, 0.29) is 12.5 Å². The summed E-state index contributed by atoms with van der Waals surface area (Å²) in [6.07, 6.45) is 6.02. The van der Waals surface area contributed by atoms with E-state index >= 15 is 0 Å². The first-order valence-electron chi connectivity index (χ1n) is 7.77. The Morgan fingerprint density at radius 2 is 2.00 bits per heavy atom. The van der Waals surface area contributed by atoms with Gasteiger partial charge in [0.15, 0.2) is 0 Å². The maximum Gasteiger partial charge on any atom is 0.220 e. The van der Waals surface area contributed by atoms with Crippen LogP contribution in [0.1, 0.15) is 50.2 Å². The third-order valence-electron chi connectivity index (χ3n) is 4.25. The zero-order valence-electron chi connectivity index (χ0n) is 12.7. The first kappa shape index (κ1) is 15.8. The molecule has 0 aliphatic heterocycles. The highest BCUT2D eigenvalue weighted by Crippen LogP contribution is 2.28. The number of aliphatic hydroxyl groups is 1. The Kier molecular flexibility index (Phi) is 6.05. The number of carbonyl (C=O) groups excluding carboxylic acids is 1. The lowest BCUT2D eigenvalue weighted by Gasteiger charge is -2.13. The van der Waals surface area contributed by atoms with Crippen molar-refractivity contribution in [2.75, 3.05) is 13.7 Å². The normalized spacial score (nSPS) is 16.7. The SMILES string of the molecule is COc1ccc(C(O)CNC(=O)CCC2CCCC2)cc1. The van der Waals surface area contributed by atoms with Crippen LogP contribution in [0.2, 0.25) is 0 Å². The Morgan fingerprint density at radius 1 is 1.33 bits per heavy atom. The number of amides is 1. The highest BCUT2D eigenvalue weighted by atomic mass is 16.5. The van der Waals surface area contributed by atoms with E-state index in [1.165, 1.54) is 25.7 Å². The number of aliphatic hydroxyl groups excluding tert-OH is 1. The number of hydrogen-bond donors (Lipinski definition) is 2. The van der Waals surface area contributed by atoms with E-state index in [1.807, 2.05) is 12.1 Å². The van der Waals surface area contributed by atoms with Crippen molar-refractivity contribution in [3.63, 3.8) is 0 Å². The lowest BCUT2D eigenvalue weighted by atomic mass is 10.0. The predicted octanol–water partition coefficient (Wildman–Crippen LogP) is 2.82. The largest absolute Gasteiger partial charge is 0.497 e. The van der Waals surface area contributed by atoms with Gasteiger partial charge in [-0.3, -0.25) is 4.79 Å². The van der Waals surface area contributed by atoms with Crippen LogP contribution in [0.25, 0.3) is 0 Å². The monoisotopic (exact) mass is 291 g/mol. The number of carbonyl (C=O) groups is 1. The molecule has 4 nitrogen and oxygen atoms in total. The highest BCUT2D eigenvalue weighted by Gasteiger charge is 2.16. The van der Waals surface area contributed by atoms with Crippen LogP contribution >= 0.6 is 0 Å². The van der Waals surface area contributed by atoms with E-state index < -0.39 is 6.10 Å². The molecule has 116 valence electrons. The Hall–Kier alpha value is -1.55. The van der Waals surface area contributed by atoms with Gasteiger partial charge in [0.1, 0.15) is 5.75 Å². The van der Waals surface area contributed by atoms with Gasteiger partial charge in [-0.25, -0.2) is 0 Å². The van der Waals surface area contributed by atoms with Crippen LogP contribution in [-0.4, -0.2) is 24.7 Å². The lowest BCUT2D eigenvalue weighted by Crippen LogP contribution is -2.28. The van der Waals surface area contributed by atoms with Gasteiger partial charge in [-0.15, -0.1) is 0 Å². The minimum atomic E-state index is -0.675. The van der Waals surface area contributed by atoms with E-state index in [2.05, 4.69) is 5.32 Å². The van der Waals surface area contributed by atoms with Gasteiger partial charge in [0.2, 0.25) is 5.91 Å². The quantitative estimate of drug-likeness (QED) is 0.812. The summed E-state index contributed by atoms with van der Waals surface area (Å²) < 4.78 is 5.08. The summed E-state index contributed by atoms with van der Waals surface area (Å²) in [7, 11) is 1.61. The van der Waals surface area contributed by atoms with E-state index in [0.717, 1.165) is 23.7 Å². The van der Waals surface area contributed by atoms with Crippen molar-refractivity contribution in [3.8, 4) is 5.75 Å². The van der Waals surface area contributed by atoms with Crippen LogP contribution < -0.4 is 10.1 Å². The third-order valence-corrected chi connectivity index (χ3v) is 4.25. The minimum Gasteiger partial charge on any atom is -0.497 e. The second-order valence-electron chi connectivity index (χ2n) is 5.78. The minimum absolute atomic E-state index is 0.0365. The van der Waals surface area contributed by atoms with Gasteiger partial charge in [-0.05, 0) is 30.0 Å². The molecule has 0 spiro atoms. The van der Waals surface area contributed by atoms with Crippen LogP contribution in [0.15, 0.2) is 24.3 Å². The summed E-state index contributed by atoms with van der Waals surface area (Å²) in [6.45, 7) is 0.260. The molecule has 1 amide bonds. The van der Waals surface area contributed by atoms with Crippen LogP contribution in [0, 0.1) is 5.92 Å². The van der Waals surface area contributed by atoms with E-state index in [9.17, 15) is 9.90 Å². The van der Waals surface area contributed by atoms with Gasteiger partial charge >= 0.3 is 0 Å². The van der Waals surface area contributed by atoms with Crippen LogP contribution in [0.4, 0.5) is 0 Å². The predicted molar refractivity (Wildman–Crippen MR) is 82.2 cm³/mol. The molecule has 0 saturated heterocycles. The van der Waals surface area contributed by atoms with Gasteiger partial charge in [0.05, 0.1) is 13.2 Å². The summed E-state index contributed by atoms with van der Waals surface area (Å²) in [4.78, 5) is 11.8. The Morgan fingerprint density at radius 3 is 2.62 bits per heavy atom. The smallest absolute Gasteiger partial charge is 0.220 e. The molecule has 2 N–H and O–H groups in total. The average Bonchev–Trinajstić information content (AvgIpc) is 3.04. The first-order valence-corrected chi connectivity index (χ1v) is 7.77. The molecule has 0 bridgehead atoms. The molecule has 1 aromatic rings. The third kappa shape index (κ3) is 5.05. The van der Waals surface area contributed by atoms with Crippen LogP contribution in [0.5, 0.6) is 5.75 Å². The van der Waals surface area contributed by atoms with Crippen molar-refractivity contribution in [3.05, 3.63) is 29.8 Å². The summed E-state index contributed by atoms with van der Waals surface area (Å²) in [6, 6.07) is 7.24. The van der Waals surface area contributed by atoms with Gasteiger partial charge in [0.25, 0.3) is 0 Å². The fourth-order valence-electron chi connectivity index (χ4n) is 2.88. The maximum atomic E-state index is 11.8. The molecule has 2 rings (SSSR count). The van der Waals surface area contributed by atoms with E-state index in [4.69, 9.17) is 4.74 Å². The lowest BCUT2D eigenvalue weighted by molar-refractivity contribution is -0.121. The van der Waals surface area contributed by atoms with Crippen molar-refractivity contribution >= 4 is 5.91 Å². The molecule has 0 radical (unpaired) electrons. The van der Waals surface area contributed by atoms with E-state index in [1.54, 1.807) is 19.2 Å². The molecule has 0 aromatic heterocycles. The molecular formula is C17H25NO3. The van der Waals surface area contributed by atoms with Gasteiger partial charge < -0.3 is 15.2 Å².